The van der Waals surface area contributed by atoms with Crippen LogP contribution in [-0.2, 0) is 9.53 Å². The van der Waals surface area contributed by atoms with Crippen LogP contribution in [0.5, 0.6) is 0 Å². The van der Waals surface area contributed by atoms with Crippen LogP contribution in [0.2, 0.25) is 0 Å². The maximum atomic E-state index is 12.5. The normalized spacial score (nSPS) is 22.1. The molecular weight excluding hydrogens is 344 g/mol. The van der Waals surface area contributed by atoms with Crippen LogP contribution in [0.4, 0.5) is 11.8 Å². The van der Waals surface area contributed by atoms with Crippen LogP contribution in [0, 0.1) is 0 Å². The van der Waals surface area contributed by atoms with Crippen molar-refractivity contribution in [1.82, 2.24) is 19.8 Å². The Kier molecular flexibility index (Phi) is 6.03. The summed E-state index contributed by atoms with van der Waals surface area (Å²) in [5, 5.41) is 0. The van der Waals surface area contributed by atoms with E-state index in [0.717, 1.165) is 90.2 Å². The standard InChI is InChI=1S/C19H30N6O2/c26-18(24-6-2-1-3-7-24)16-22-8-10-23(11-9-22)17-4-5-20-19(21-17)25-12-14-27-15-13-25/h4-5H,1-3,6-16H2. The zero-order valence-corrected chi connectivity index (χ0v) is 16.1. The molecule has 1 aromatic heterocycles. The molecule has 8 nitrogen and oxygen atoms in total. The summed E-state index contributed by atoms with van der Waals surface area (Å²) in [5.74, 6) is 2.06. The smallest absolute Gasteiger partial charge is 0.236 e. The van der Waals surface area contributed by atoms with Gasteiger partial charge in [0.1, 0.15) is 5.82 Å². The molecule has 3 saturated heterocycles. The molecule has 0 atom stereocenters. The van der Waals surface area contributed by atoms with Crippen LogP contribution in [0.25, 0.3) is 0 Å². The van der Waals surface area contributed by atoms with E-state index in [1.807, 2.05) is 17.2 Å². The molecule has 0 saturated carbocycles. The summed E-state index contributed by atoms with van der Waals surface area (Å²) in [5.41, 5.74) is 0. The Morgan fingerprint density at radius 1 is 0.926 bits per heavy atom. The third-order valence-electron chi connectivity index (χ3n) is 5.69. The summed E-state index contributed by atoms with van der Waals surface area (Å²) in [6.07, 6.45) is 5.41. The molecule has 0 aliphatic carbocycles. The molecule has 4 rings (SSSR count). The molecule has 0 unspecified atom stereocenters. The number of aromatic nitrogens is 2. The van der Waals surface area contributed by atoms with Crippen LogP contribution < -0.4 is 9.80 Å². The number of morpholine rings is 1. The average molecular weight is 374 g/mol. The summed E-state index contributed by atoms with van der Waals surface area (Å²) in [4.78, 5) is 30.5. The van der Waals surface area contributed by atoms with Crippen molar-refractivity contribution in [2.24, 2.45) is 0 Å². The van der Waals surface area contributed by atoms with Crippen molar-refractivity contribution < 1.29 is 9.53 Å². The van der Waals surface area contributed by atoms with Gasteiger partial charge in [0, 0.05) is 58.6 Å². The number of hydrogen-bond acceptors (Lipinski definition) is 7. The number of nitrogens with zero attached hydrogens (tertiary/aromatic N) is 6. The van der Waals surface area contributed by atoms with Gasteiger partial charge in [-0.25, -0.2) is 4.98 Å². The molecule has 8 heteroatoms. The Labute approximate surface area is 161 Å². The maximum Gasteiger partial charge on any atom is 0.236 e. The maximum absolute atomic E-state index is 12.5. The van der Waals surface area contributed by atoms with E-state index < -0.39 is 0 Å². The molecule has 148 valence electrons. The van der Waals surface area contributed by atoms with Gasteiger partial charge in [-0.15, -0.1) is 0 Å². The topological polar surface area (TPSA) is 65.0 Å². The molecule has 3 aliphatic rings. The molecule has 1 amide bonds. The number of anilines is 2. The lowest BCUT2D eigenvalue weighted by molar-refractivity contribution is -0.133. The van der Waals surface area contributed by atoms with Crippen LogP contribution >= 0.6 is 0 Å². The van der Waals surface area contributed by atoms with E-state index in [2.05, 4.69) is 19.7 Å². The van der Waals surface area contributed by atoms with Crippen molar-refractivity contribution >= 4 is 17.7 Å². The summed E-state index contributed by atoms with van der Waals surface area (Å²) in [6.45, 7) is 9.16. The largest absolute Gasteiger partial charge is 0.378 e. The van der Waals surface area contributed by atoms with Gasteiger partial charge in [-0.1, -0.05) is 0 Å². The number of carbonyl (C=O) groups is 1. The number of carbonyl (C=O) groups excluding carboxylic acids is 1. The summed E-state index contributed by atoms with van der Waals surface area (Å²) >= 11 is 0. The number of piperazine rings is 1. The Bertz CT molecular complexity index is 622. The van der Waals surface area contributed by atoms with Crippen molar-refractivity contribution in [3.8, 4) is 0 Å². The summed E-state index contributed by atoms with van der Waals surface area (Å²) < 4.78 is 5.41. The highest BCUT2D eigenvalue weighted by Crippen LogP contribution is 2.18. The second-order valence-electron chi connectivity index (χ2n) is 7.52. The molecule has 0 radical (unpaired) electrons. The first-order chi connectivity index (χ1) is 13.3. The Morgan fingerprint density at radius 3 is 2.41 bits per heavy atom. The third-order valence-corrected chi connectivity index (χ3v) is 5.69. The quantitative estimate of drug-likeness (QED) is 0.758. The van der Waals surface area contributed by atoms with Gasteiger partial charge in [0.05, 0.1) is 19.8 Å². The van der Waals surface area contributed by atoms with Gasteiger partial charge in [-0.2, -0.15) is 4.98 Å². The Morgan fingerprint density at radius 2 is 1.67 bits per heavy atom. The number of piperidine rings is 1. The van der Waals surface area contributed by atoms with Crippen molar-refractivity contribution in [2.45, 2.75) is 19.3 Å². The molecule has 0 spiro atoms. The molecule has 3 aliphatic heterocycles. The lowest BCUT2D eigenvalue weighted by Gasteiger charge is -2.37. The SMILES string of the molecule is O=C(CN1CCN(c2ccnc(N3CCOCC3)n2)CC1)N1CCCCC1. The molecule has 0 N–H and O–H groups in total. The number of likely N-dealkylation sites (tertiary alicyclic amines) is 1. The van der Waals surface area contributed by atoms with Crippen molar-refractivity contribution in [1.29, 1.82) is 0 Å². The van der Waals surface area contributed by atoms with Crippen LogP contribution in [0.15, 0.2) is 12.3 Å². The van der Waals surface area contributed by atoms with Crippen molar-refractivity contribution in [3.05, 3.63) is 12.3 Å². The Hall–Kier alpha value is -1.93. The second-order valence-corrected chi connectivity index (χ2v) is 7.52. The van der Waals surface area contributed by atoms with Crippen molar-refractivity contribution in [2.75, 3.05) is 81.9 Å². The van der Waals surface area contributed by atoms with Gasteiger partial charge >= 0.3 is 0 Å². The minimum absolute atomic E-state index is 0.291. The van der Waals surface area contributed by atoms with Gasteiger partial charge in [-0.3, -0.25) is 9.69 Å². The van der Waals surface area contributed by atoms with Crippen LogP contribution in [0.3, 0.4) is 0 Å². The van der Waals surface area contributed by atoms with E-state index in [1.165, 1.54) is 6.42 Å². The minimum atomic E-state index is 0.291. The van der Waals surface area contributed by atoms with Gasteiger partial charge in [0.25, 0.3) is 0 Å². The first kappa shape index (κ1) is 18.4. The highest BCUT2D eigenvalue weighted by atomic mass is 16.5. The molecule has 3 fully saturated rings. The lowest BCUT2D eigenvalue weighted by Crippen LogP contribution is -2.51. The van der Waals surface area contributed by atoms with Gasteiger partial charge < -0.3 is 19.4 Å². The minimum Gasteiger partial charge on any atom is -0.378 e. The number of hydrogen-bond donors (Lipinski definition) is 0. The molecule has 0 bridgehead atoms. The summed E-state index contributed by atoms with van der Waals surface area (Å²) in [7, 11) is 0. The molecule has 0 aromatic carbocycles. The van der Waals surface area contributed by atoms with Gasteiger partial charge in [0.15, 0.2) is 0 Å². The van der Waals surface area contributed by atoms with Gasteiger partial charge in [0.2, 0.25) is 11.9 Å². The molecule has 4 heterocycles. The van der Waals surface area contributed by atoms with Crippen molar-refractivity contribution in [3.63, 3.8) is 0 Å². The highest BCUT2D eigenvalue weighted by molar-refractivity contribution is 5.78. The predicted molar refractivity (Wildman–Crippen MR) is 104 cm³/mol. The van der Waals surface area contributed by atoms with E-state index in [-0.39, 0.29) is 0 Å². The fourth-order valence-corrected chi connectivity index (χ4v) is 4.00. The number of amides is 1. The lowest BCUT2D eigenvalue weighted by atomic mass is 10.1. The number of rotatable bonds is 4. The van der Waals surface area contributed by atoms with E-state index >= 15 is 0 Å². The Balaban J connectivity index is 1.29. The van der Waals surface area contributed by atoms with E-state index in [9.17, 15) is 4.79 Å². The molecule has 1 aromatic rings. The summed E-state index contributed by atoms with van der Waals surface area (Å²) in [6, 6.07) is 1.98. The van der Waals surface area contributed by atoms with Gasteiger partial charge in [-0.05, 0) is 25.3 Å². The van der Waals surface area contributed by atoms with E-state index in [4.69, 9.17) is 9.72 Å². The van der Waals surface area contributed by atoms with E-state index in [0.29, 0.717) is 12.5 Å². The molecule has 27 heavy (non-hydrogen) atoms. The first-order valence-electron chi connectivity index (χ1n) is 10.2. The zero-order chi connectivity index (χ0) is 18.5. The zero-order valence-electron chi connectivity index (χ0n) is 16.1. The third kappa shape index (κ3) is 4.68. The predicted octanol–water partition coefficient (Wildman–Crippen LogP) is 0.448. The average Bonchev–Trinajstić information content (AvgIpc) is 2.75. The van der Waals surface area contributed by atoms with Crippen LogP contribution in [-0.4, -0.2) is 97.8 Å². The number of ether oxygens (including phenoxy) is 1. The van der Waals surface area contributed by atoms with Crippen LogP contribution in [0.1, 0.15) is 19.3 Å². The monoisotopic (exact) mass is 374 g/mol. The highest BCUT2D eigenvalue weighted by Gasteiger charge is 2.24. The molecular formula is C19H30N6O2. The first-order valence-corrected chi connectivity index (χ1v) is 10.2. The van der Waals surface area contributed by atoms with E-state index in [1.54, 1.807) is 0 Å². The fourth-order valence-electron chi connectivity index (χ4n) is 4.00. The second kappa shape index (κ2) is 8.84. The fraction of sp³-hybridized carbons (Fsp3) is 0.737.